The number of para-hydroxylation sites is 1. The van der Waals surface area contributed by atoms with Gasteiger partial charge in [0.15, 0.2) is 5.82 Å². The highest BCUT2D eigenvalue weighted by Crippen LogP contribution is 2.25. The second kappa shape index (κ2) is 7.47. The molecule has 142 valence electrons. The van der Waals surface area contributed by atoms with Crippen LogP contribution in [0.5, 0.6) is 0 Å². The Morgan fingerprint density at radius 2 is 1.55 bits per heavy atom. The molecule has 7 heteroatoms. The molecular formula is C22H16N4O3. The minimum absolute atomic E-state index is 0.163. The van der Waals surface area contributed by atoms with Crippen LogP contribution < -0.4 is 10.2 Å². The molecule has 29 heavy (non-hydrogen) atoms. The van der Waals surface area contributed by atoms with Gasteiger partial charge in [-0.05, 0) is 24.6 Å². The van der Waals surface area contributed by atoms with Crippen molar-refractivity contribution in [3.05, 3.63) is 83.7 Å². The summed E-state index contributed by atoms with van der Waals surface area (Å²) in [6, 6.07) is 15.6. The number of carbonyl (C=O) groups excluding carboxylic acids is 3. The molecule has 0 radical (unpaired) electrons. The highest BCUT2D eigenvalue weighted by atomic mass is 16.2. The van der Waals surface area contributed by atoms with Gasteiger partial charge < -0.3 is 0 Å². The maximum absolute atomic E-state index is 12.9. The number of benzene rings is 2. The third kappa shape index (κ3) is 3.53. The summed E-state index contributed by atoms with van der Waals surface area (Å²) in [4.78, 5) is 47.0. The average Bonchev–Trinajstić information content (AvgIpc) is 2.73. The molecule has 1 fully saturated rings. The van der Waals surface area contributed by atoms with Crippen molar-refractivity contribution in [3.8, 4) is 11.4 Å². The van der Waals surface area contributed by atoms with Crippen LogP contribution in [-0.2, 0) is 9.59 Å². The van der Waals surface area contributed by atoms with Gasteiger partial charge in [-0.15, -0.1) is 0 Å². The number of urea groups is 1. The van der Waals surface area contributed by atoms with E-state index in [1.807, 2.05) is 30.3 Å². The van der Waals surface area contributed by atoms with Gasteiger partial charge in [0.25, 0.3) is 11.8 Å². The molecule has 1 N–H and O–H groups in total. The van der Waals surface area contributed by atoms with Crippen LogP contribution in [0.25, 0.3) is 17.5 Å². The Morgan fingerprint density at radius 3 is 2.24 bits per heavy atom. The summed E-state index contributed by atoms with van der Waals surface area (Å²) in [7, 11) is 0. The van der Waals surface area contributed by atoms with Crippen LogP contribution in [0.4, 0.5) is 10.5 Å². The molecule has 0 spiro atoms. The summed E-state index contributed by atoms with van der Waals surface area (Å²) in [5.74, 6) is -0.916. The van der Waals surface area contributed by atoms with Gasteiger partial charge in [-0.3, -0.25) is 14.9 Å². The number of amides is 4. The molecule has 0 saturated carbocycles. The Bertz CT molecular complexity index is 1140. The Kier molecular flexibility index (Phi) is 4.70. The van der Waals surface area contributed by atoms with E-state index in [0.29, 0.717) is 17.1 Å². The number of anilines is 1. The van der Waals surface area contributed by atoms with Crippen molar-refractivity contribution in [3.63, 3.8) is 0 Å². The van der Waals surface area contributed by atoms with Crippen LogP contribution in [0.15, 0.2) is 72.6 Å². The lowest BCUT2D eigenvalue weighted by atomic mass is 10.1. The lowest BCUT2D eigenvalue weighted by Gasteiger charge is -2.27. The minimum Gasteiger partial charge on any atom is -0.273 e. The molecular weight excluding hydrogens is 368 g/mol. The van der Waals surface area contributed by atoms with Gasteiger partial charge in [0.2, 0.25) is 0 Å². The third-order valence-electron chi connectivity index (χ3n) is 4.47. The molecule has 4 rings (SSSR count). The Morgan fingerprint density at radius 1 is 0.897 bits per heavy atom. The van der Waals surface area contributed by atoms with Crippen LogP contribution in [-0.4, -0.2) is 27.8 Å². The number of imide groups is 2. The molecule has 1 aliphatic rings. The first kappa shape index (κ1) is 18.2. The van der Waals surface area contributed by atoms with Crippen molar-refractivity contribution < 1.29 is 14.4 Å². The highest BCUT2D eigenvalue weighted by molar-refractivity contribution is 6.39. The lowest BCUT2D eigenvalue weighted by molar-refractivity contribution is -0.122. The van der Waals surface area contributed by atoms with Crippen molar-refractivity contribution in [2.45, 2.75) is 6.92 Å². The first-order chi connectivity index (χ1) is 14.0. The predicted octanol–water partition coefficient (Wildman–Crippen LogP) is 3.12. The molecule has 2 aromatic carbocycles. The van der Waals surface area contributed by atoms with Crippen LogP contribution in [0.1, 0.15) is 11.1 Å². The Hall–Kier alpha value is -4.13. The Balaban J connectivity index is 1.67. The van der Waals surface area contributed by atoms with Crippen molar-refractivity contribution in [2.75, 3.05) is 4.90 Å². The average molecular weight is 384 g/mol. The van der Waals surface area contributed by atoms with Gasteiger partial charge in [-0.2, -0.15) is 0 Å². The number of nitrogens with zero attached hydrogens (tertiary/aromatic N) is 3. The number of nitrogens with one attached hydrogen (secondary N) is 1. The third-order valence-corrected chi connectivity index (χ3v) is 4.47. The lowest BCUT2D eigenvalue weighted by Crippen LogP contribution is -2.54. The number of aryl methyl sites for hydroxylation is 1. The van der Waals surface area contributed by atoms with E-state index in [0.717, 1.165) is 16.0 Å². The van der Waals surface area contributed by atoms with Crippen LogP contribution in [0.3, 0.4) is 0 Å². The summed E-state index contributed by atoms with van der Waals surface area (Å²) in [6.45, 7) is 1.78. The van der Waals surface area contributed by atoms with Gasteiger partial charge in [0.05, 0.1) is 5.69 Å². The number of aromatic nitrogens is 2. The molecule has 0 atom stereocenters. The smallest absolute Gasteiger partial charge is 0.273 e. The van der Waals surface area contributed by atoms with Crippen molar-refractivity contribution >= 4 is 29.6 Å². The van der Waals surface area contributed by atoms with Gasteiger partial charge in [-0.25, -0.2) is 19.7 Å². The molecule has 0 bridgehead atoms. The second-order valence-electron chi connectivity index (χ2n) is 6.45. The zero-order valence-electron chi connectivity index (χ0n) is 15.5. The fraction of sp³-hybridized carbons (Fsp3) is 0.0455. The summed E-state index contributed by atoms with van der Waals surface area (Å²) in [5.41, 5.74) is 2.32. The molecule has 7 nitrogen and oxygen atoms in total. The highest BCUT2D eigenvalue weighted by Gasteiger charge is 2.37. The van der Waals surface area contributed by atoms with Gasteiger partial charge in [0.1, 0.15) is 5.57 Å². The van der Waals surface area contributed by atoms with E-state index in [-0.39, 0.29) is 5.57 Å². The predicted molar refractivity (Wildman–Crippen MR) is 108 cm³/mol. The van der Waals surface area contributed by atoms with E-state index in [9.17, 15) is 14.4 Å². The minimum atomic E-state index is -0.776. The number of hydrogen-bond donors (Lipinski definition) is 1. The number of barbiturate groups is 1. The molecule has 2 heterocycles. The van der Waals surface area contributed by atoms with E-state index >= 15 is 0 Å². The summed E-state index contributed by atoms with van der Waals surface area (Å²) in [6.07, 6.45) is 4.43. The standard InChI is InChI=1S/C22H16N4O3/c1-14-7-5-6-10-18(14)26-21(28)17(20(27)25-22(26)29)11-15-12-23-19(24-13-15)16-8-3-2-4-9-16/h2-13H,1H3,(H,25,27,29). The number of hydrogen-bond acceptors (Lipinski definition) is 5. The number of rotatable bonds is 3. The number of carbonyl (C=O) groups is 3. The SMILES string of the molecule is Cc1ccccc1N1C(=O)NC(=O)C(=Cc2cnc(-c3ccccc3)nc2)C1=O. The molecule has 1 saturated heterocycles. The van der Waals surface area contributed by atoms with E-state index in [4.69, 9.17) is 0 Å². The van der Waals surface area contributed by atoms with Crippen molar-refractivity contribution in [1.29, 1.82) is 0 Å². The van der Waals surface area contributed by atoms with Crippen molar-refractivity contribution in [2.24, 2.45) is 0 Å². The molecule has 0 aliphatic carbocycles. The van der Waals surface area contributed by atoms with E-state index in [1.165, 1.54) is 18.5 Å². The van der Waals surface area contributed by atoms with Gasteiger partial charge in [0, 0.05) is 23.5 Å². The fourth-order valence-corrected chi connectivity index (χ4v) is 3.01. The van der Waals surface area contributed by atoms with E-state index in [1.54, 1.807) is 31.2 Å². The molecule has 0 unspecified atom stereocenters. The Labute approximate surface area is 166 Å². The largest absolute Gasteiger partial charge is 0.335 e. The van der Waals surface area contributed by atoms with Crippen LogP contribution in [0, 0.1) is 6.92 Å². The first-order valence-corrected chi connectivity index (χ1v) is 8.89. The maximum Gasteiger partial charge on any atom is 0.335 e. The summed E-state index contributed by atoms with van der Waals surface area (Å²) in [5, 5.41) is 2.21. The summed E-state index contributed by atoms with van der Waals surface area (Å²) < 4.78 is 0. The monoisotopic (exact) mass is 384 g/mol. The molecule has 4 amide bonds. The van der Waals surface area contributed by atoms with Crippen LogP contribution in [0.2, 0.25) is 0 Å². The quantitative estimate of drug-likeness (QED) is 0.553. The van der Waals surface area contributed by atoms with E-state index in [2.05, 4.69) is 15.3 Å². The molecule has 1 aliphatic heterocycles. The van der Waals surface area contributed by atoms with E-state index < -0.39 is 17.8 Å². The maximum atomic E-state index is 12.9. The van der Waals surface area contributed by atoms with Gasteiger partial charge in [-0.1, -0.05) is 48.5 Å². The topological polar surface area (TPSA) is 92.3 Å². The van der Waals surface area contributed by atoms with Gasteiger partial charge >= 0.3 is 6.03 Å². The zero-order chi connectivity index (χ0) is 20.4. The second-order valence-corrected chi connectivity index (χ2v) is 6.45. The normalized spacial score (nSPS) is 15.6. The van der Waals surface area contributed by atoms with Crippen LogP contribution >= 0.6 is 0 Å². The zero-order valence-corrected chi connectivity index (χ0v) is 15.5. The summed E-state index contributed by atoms with van der Waals surface area (Å²) >= 11 is 0. The fourth-order valence-electron chi connectivity index (χ4n) is 3.01. The molecule has 1 aromatic heterocycles. The van der Waals surface area contributed by atoms with Crippen molar-refractivity contribution in [1.82, 2.24) is 15.3 Å². The first-order valence-electron chi connectivity index (χ1n) is 8.89. The molecule has 3 aromatic rings.